The standard InChI is InChI=1S/C18H15F6NO4S/c19-17(20,21)16(27,18(22,23)24)13-5-7-14(8-6-13)25-15(26)9-11-1-3-12(4-2-11)10-30(28)29/h1-8,27H,9-10H2,(H,25,26)(H,28,29). The van der Waals surface area contributed by atoms with Crippen molar-refractivity contribution in [1.82, 2.24) is 0 Å². The predicted molar refractivity (Wildman–Crippen MR) is 95.7 cm³/mol. The predicted octanol–water partition coefficient (Wildman–Crippen LogP) is 3.90. The van der Waals surface area contributed by atoms with Crippen LogP contribution in [0.2, 0.25) is 0 Å². The van der Waals surface area contributed by atoms with Crippen molar-refractivity contribution in [3.63, 3.8) is 0 Å². The molecule has 0 aliphatic carbocycles. The van der Waals surface area contributed by atoms with Gasteiger partial charge < -0.3 is 15.0 Å². The Morgan fingerprint density at radius 1 is 0.867 bits per heavy atom. The fraction of sp³-hybridized carbons (Fsp3) is 0.278. The topological polar surface area (TPSA) is 86.6 Å². The van der Waals surface area contributed by atoms with Gasteiger partial charge in [-0.05, 0) is 23.3 Å². The first-order valence-electron chi connectivity index (χ1n) is 8.15. The zero-order valence-corrected chi connectivity index (χ0v) is 15.7. The van der Waals surface area contributed by atoms with Gasteiger partial charge in [-0.3, -0.25) is 4.79 Å². The molecule has 0 fully saturated rings. The van der Waals surface area contributed by atoms with E-state index in [1.807, 2.05) is 0 Å². The van der Waals surface area contributed by atoms with E-state index >= 15 is 0 Å². The number of halogens is 6. The maximum atomic E-state index is 12.9. The van der Waals surface area contributed by atoms with Gasteiger partial charge in [0.05, 0.1) is 12.2 Å². The van der Waals surface area contributed by atoms with Crippen LogP contribution in [-0.2, 0) is 33.6 Å². The van der Waals surface area contributed by atoms with Gasteiger partial charge in [-0.1, -0.05) is 36.4 Å². The van der Waals surface area contributed by atoms with Crippen molar-refractivity contribution >= 4 is 22.7 Å². The molecule has 0 saturated carbocycles. The van der Waals surface area contributed by atoms with Crippen molar-refractivity contribution in [2.24, 2.45) is 0 Å². The van der Waals surface area contributed by atoms with Gasteiger partial charge in [-0.15, -0.1) is 0 Å². The van der Waals surface area contributed by atoms with Gasteiger partial charge in [0.25, 0.3) is 5.60 Å². The fourth-order valence-electron chi connectivity index (χ4n) is 2.57. The molecule has 0 spiro atoms. The highest BCUT2D eigenvalue weighted by atomic mass is 32.2. The smallest absolute Gasteiger partial charge is 0.369 e. The van der Waals surface area contributed by atoms with E-state index in [1.165, 1.54) is 12.1 Å². The summed E-state index contributed by atoms with van der Waals surface area (Å²) in [5.41, 5.74) is -5.44. The number of carbonyl (C=O) groups is 1. The van der Waals surface area contributed by atoms with Crippen LogP contribution in [0.4, 0.5) is 32.0 Å². The summed E-state index contributed by atoms with van der Waals surface area (Å²) in [6.07, 6.45) is -12.1. The molecule has 3 N–H and O–H groups in total. The van der Waals surface area contributed by atoms with Crippen LogP contribution in [-0.4, -0.2) is 32.1 Å². The van der Waals surface area contributed by atoms with Crippen molar-refractivity contribution in [3.05, 3.63) is 65.2 Å². The average molecular weight is 455 g/mol. The molecule has 0 aliphatic rings. The number of hydrogen-bond acceptors (Lipinski definition) is 3. The summed E-state index contributed by atoms with van der Waals surface area (Å²) in [5, 5.41) is 11.6. The molecule has 2 aromatic rings. The third-order valence-electron chi connectivity index (χ3n) is 4.08. The van der Waals surface area contributed by atoms with Crippen molar-refractivity contribution in [2.45, 2.75) is 30.1 Å². The molecule has 30 heavy (non-hydrogen) atoms. The quantitative estimate of drug-likeness (QED) is 0.456. The number of hydrogen-bond donors (Lipinski definition) is 3. The fourth-order valence-corrected chi connectivity index (χ4v) is 3.05. The van der Waals surface area contributed by atoms with Crippen LogP contribution in [0, 0.1) is 0 Å². The van der Waals surface area contributed by atoms with Gasteiger partial charge in [0.15, 0.2) is 11.1 Å². The summed E-state index contributed by atoms with van der Waals surface area (Å²) in [4.78, 5) is 12.0. The lowest BCUT2D eigenvalue weighted by Gasteiger charge is -2.32. The van der Waals surface area contributed by atoms with Gasteiger partial charge in [0, 0.05) is 11.3 Å². The van der Waals surface area contributed by atoms with Crippen molar-refractivity contribution < 1.29 is 45.0 Å². The normalized spacial score (nSPS) is 13.7. The van der Waals surface area contributed by atoms with Gasteiger partial charge in [0.2, 0.25) is 5.91 Å². The monoisotopic (exact) mass is 455 g/mol. The second-order valence-corrected chi connectivity index (χ2v) is 7.22. The molecular formula is C18H15F6NO4S. The Bertz CT molecular complexity index is 896. The molecule has 1 amide bonds. The molecule has 0 aliphatic heterocycles. The highest BCUT2D eigenvalue weighted by Gasteiger charge is 2.71. The van der Waals surface area contributed by atoms with E-state index in [9.17, 15) is 40.5 Å². The van der Waals surface area contributed by atoms with E-state index in [0.717, 1.165) is 12.1 Å². The van der Waals surface area contributed by atoms with Crippen LogP contribution in [0.3, 0.4) is 0 Å². The van der Waals surface area contributed by atoms with Crippen molar-refractivity contribution in [1.29, 1.82) is 0 Å². The van der Waals surface area contributed by atoms with Crippen LogP contribution >= 0.6 is 0 Å². The molecule has 0 heterocycles. The maximum Gasteiger partial charge on any atom is 0.430 e. The van der Waals surface area contributed by atoms with Gasteiger partial charge in [-0.2, -0.15) is 26.3 Å². The molecule has 5 nitrogen and oxygen atoms in total. The number of benzene rings is 2. The number of amides is 1. The molecule has 1 unspecified atom stereocenters. The second kappa shape index (κ2) is 8.74. The molecule has 0 aromatic heterocycles. The molecular weight excluding hydrogens is 440 g/mol. The van der Waals surface area contributed by atoms with Crippen LogP contribution in [0.5, 0.6) is 0 Å². The van der Waals surface area contributed by atoms with Crippen molar-refractivity contribution in [3.8, 4) is 0 Å². The largest absolute Gasteiger partial charge is 0.430 e. The SMILES string of the molecule is O=C(Cc1ccc(CS(=O)O)cc1)Nc1ccc(C(O)(C(F)(F)F)C(F)(F)F)cc1. The molecule has 164 valence electrons. The van der Waals surface area contributed by atoms with E-state index in [0.29, 0.717) is 23.3 Å². The second-order valence-electron chi connectivity index (χ2n) is 6.29. The zero-order valence-electron chi connectivity index (χ0n) is 14.9. The Hall–Kier alpha value is -2.44. The molecule has 0 bridgehead atoms. The molecule has 12 heteroatoms. The first-order chi connectivity index (χ1) is 13.7. The molecule has 2 aromatic carbocycles. The summed E-state index contributed by atoms with van der Waals surface area (Å²) in [6.45, 7) is 0. The Balaban J connectivity index is 2.10. The Morgan fingerprint density at radius 3 is 1.77 bits per heavy atom. The number of aliphatic hydroxyl groups is 1. The lowest BCUT2D eigenvalue weighted by molar-refractivity contribution is -0.376. The zero-order chi connectivity index (χ0) is 22.7. The molecule has 0 radical (unpaired) electrons. The van der Waals surface area contributed by atoms with Crippen LogP contribution < -0.4 is 5.32 Å². The third kappa shape index (κ3) is 5.37. The average Bonchev–Trinajstić information content (AvgIpc) is 2.61. The lowest BCUT2D eigenvalue weighted by Crippen LogP contribution is -2.53. The number of anilines is 1. The maximum absolute atomic E-state index is 12.9. The van der Waals surface area contributed by atoms with Crippen LogP contribution in [0.25, 0.3) is 0 Å². The van der Waals surface area contributed by atoms with E-state index in [4.69, 9.17) is 4.55 Å². The summed E-state index contributed by atoms with van der Waals surface area (Å²) in [5.74, 6) is -0.677. The number of nitrogens with one attached hydrogen (secondary N) is 1. The Labute approximate surface area is 169 Å². The lowest BCUT2D eigenvalue weighted by atomic mass is 9.92. The number of alkyl halides is 6. The van der Waals surface area contributed by atoms with E-state index in [-0.39, 0.29) is 17.9 Å². The summed E-state index contributed by atoms with van der Waals surface area (Å²) < 4.78 is 96.7. The summed E-state index contributed by atoms with van der Waals surface area (Å²) in [6, 6.07) is 8.65. The number of carbonyl (C=O) groups excluding carboxylic acids is 1. The van der Waals surface area contributed by atoms with Gasteiger partial charge in [0.1, 0.15) is 0 Å². The minimum absolute atomic E-state index is 0.0669. The van der Waals surface area contributed by atoms with Gasteiger partial charge in [-0.25, -0.2) is 4.21 Å². The van der Waals surface area contributed by atoms with Crippen molar-refractivity contribution in [2.75, 3.05) is 5.32 Å². The highest BCUT2D eigenvalue weighted by Crippen LogP contribution is 2.50. The van der Waals surface area contributed by atoms with Gasteiger partial charge >= 0.3 is 12.4 Å². The van der Waals surface area contributed by atoms with E-state index < -0.39 is 40.5 Å². The minimum atomic E-state index is -6.00. The van der Waals surface area contributed by atoms with Crippen LogP contribution in [0.15, 0.2) is 48.5 Å². The summed E-state index contributed by atoms with van der Waals surface area (Å²) in [7, 11) is 0. The first kappa shape index (κ1) is 23.8. The summed E-state index contributed by atoms with van der Waals surface area (Å²) >= 11 is -2.02. The Morgan fingerprint density at radius 2 is 1.33 bits per heavy atom. The number of rotatable bonds is 6. The highest BCUT2D eigenvalue weighted by molar-refractivity contribution is 7.78. The molecule has 2 rings (SSSR count). The third-order valence-corrected chi connectivity index (χ3v) is 4.67. The Kier molecular flexibility index (Phi) is 6.94. The first-order valence-corrected chi connectivity index (χ1v) is 9.43. The van der Waals surface area contributed by atoms with E-state index in [1.54, 1.807) is 12.1 Å². The van der Waals surface area contributed by atoms with E-state index in [2.05, 4.69) is 5.32 Å². The molecule has 1 atom stereocenters. The molecule has 0 saturated heterocycles. The minimum Gasteiger partial charge on any atom is -0.369 e. The van der Waals surface area contributed by atoms with Crippen LogP contribution in [0.1, 0.15) is 16.7 Å².